The maximum Gasteiger partial charge on any atom is 0.432 e. The molecule has 11 heteroatoms. The maximum atomic E-state index is 13.3. The lowest BCUT2D eigenvalue weighted by Crippen LogP contribution is -2.38. The van der Waals surface area contributed by atoms with Crippen LogP contribution in [0.15, 0.2) is 35.3 Å². The summed E-state index contributed by atoms with van der Waals surface area (Å²) < 4.78 is 64.7. The van der Waals surface area contributed by atoms with Crippen LogP contribution in [0.3, 0.4) is 0 Å². The van der Waals surface area contributed by atoms with Crippen LogP contribution in [0.4, 0.5) is 27.8 Å². The molecule has 0 atom stereocenters. The normalized spacial score (nSPS) is 13.3. The second-order valence-electron chi connectivity index (χ2n) is 7.34. The number of alkyl halides is 5. The predicted molar refractivity (Wildman–Crippen MR) is 97.9 cm³/mol. The number of rotatable bonds is 3. The number of H-pyrrole nitrogens is 1. The van der Waals surface area contributed by atoms with Crippen molar-refractivity contribution in [1.29, 1.82) is 0 Å². The number of aromatic nitrogens is 2. The summed E-state index contributed by atoms with van der Waals surface area (Å²) in [6.45, 7) is 5.87. The molecule has 29 heavy (non-hydrogen) atoms. The fraction of sp³-hybridized carbons (Fsp3) is 0.389. The molecule has 0 saturated heterocycles. The van der Waals surface area contributed by atoms with Gasteiger partial charge in [-0.15, -0.1) is 0 Å². The maximum absolute atomic E-state index is 13.3. The van der Waals surface area contributed by atoms with E-state index in [9.17, 15) is 26.7 Å². The van der Waals surface area contributed by atoms with Crippen molar-refractivity contribution in [2.24, 2.45) is 4.99 Å². The molecule has 0 saturated carbocycles. The molecule has 1 amide bonds. The zero-order valence-corrected chi connectivity index (χ0v) is 16.1. The van der Waals surface area contributed by atoms with E-state index in [1.54, 1.807) is 20.8 Å². The summed E-state index contributed by atoms with van der Waals surface area (Å²) >= 11 is 0. The summed E-state index contributed by atoms with van der Waals surface area (Å²) in [6, 6.07) is 5.39. The minimum Gasteiger partial charge on any atom is -0.309 e. The van der Waals surface area contributed by atoms with E-state index in [1.165, 1.54) is 12.1 Å². The molecule has 1 heterocycles. The number of benzene rings is 1. The molecule has 0 aliphatic carbocycles. The first-order valence-electron chi connectivity index (χ1n) is 8.44. The van der Waals surface area contributed by atoms with Gasteiger partial charge in [-0.1, -0.05) is 12.1 Å². The Morgan fingerprint density at radius 3 is 2.07 bits per heavy atom. The molecule has 0 radical (unpaired) electrons. The lowest BCUT2D eigenvalue weighted by atomic mass is 10.1. The molecule has 1 aromatic heterocycles. The number of nitrogens with one attached hydrogen (secondary N) is 3. The molecule has 0 unspecified atom stereocenters. The molecule has 6 nitrogen and oxygen atoms in total. The number of halogens is 5. The number of anilines is 1. The molecular weight excluding hydrogens is 397 g/mol. The standard InChI is InChI=1S/C18H20F5N5O/c1-16(2,3)26-15(24-13-9-12(27-28-13)18(21,22)23)25-14(29)10-5-7-11(8-6-10)17(4,19)20/h5-9H,1-4H3,(H3,24,25,26,27,28,29). The molecule has 0 spiro atoms. The van der Waals surface area contributed by atoms with Crippen molar-refractivity contribution >= 4 is 17.7 Å². The Labute approximate surface area is 163 Å². The Hall–Kier alpha value is -2.98. The lowest BCUT2D eigenvalue weighted by Gasteiger charge is -2.17. The van der Waals surface area contributed by atoms with E-state index >= 15 is 0 Å². The van der Waals surface area contributed by atoms with Crippen molar-refractivity contribution in [2.75, 3.05) is 5.32 Å². The van der Waals surface area contributed by atoms with Crippen LogP contribution >= 0.6 is 0 Å². The van der Waals surface area contributed by atoms with E-state index in [-0.39, 0.29) is 22.9 Å². The molecule has 3 N–H and O–H groups in total. The quantitative estimate of drug-likeness (QED) is 0.390. The van der Waals surface area contributed by atoms with E-state index in [0.29, 0.717) is 0 Å². The van der Waals surface area contributed by atoms with Gasteiger partial charge in [0.15, 0.2) is 5.82 Å². The summed E-state index contributed by atoms with van der Waals surface area (Å²) in [5, 5.41) is 10.3. The first-order valence-corrected chi connectivity index (χ1v) is 8.44. The number of carbonyl (C=O) groups is 1. The van der Waals surface area contributed by atoms with E-state index in [4.69, 9.17) is 0 Å². The van der Waals surface area contributed by atoms with Gasteiger partial charge in [0.2, 0.25) is 5.96 Å². The van der Waals surface area contributed by atoms with E-state index in [2.05, 4.69) is 20.7 Å². The number of hydrogen-bond donors (Lipinski definition) is 3. The summed E-state index contributed by atoms with van der Waals surface area (Å²) in [5.74, 6) is -4.08. The van der Waals surface area contributed by atoms with Gasteiger partial charge >= 0.3 is 6.18 Å². The number of guanidine groups is 1. The van der Waals surface area contributed by atoms with Crippen molar-refractivity contribution in [2.45, 2.75) is 45.3 Å². The topological polar surface area (TPSA) is 82.2 Å². The number of aliphatic imine (C=N–C) groups is 1. The third-order valence-corrected chi connectivity index (χ3v) is 3.46. The van der Waals surface area contributed by atoms with Crippen LogP contribution < -0.4 is 10.6 Å². The highest BCUT2D eigenvalue weighted by atomic mass is 19.4. The van der Waals surface area contributed by atoms with Crippen LogP contribution in [0.25, 0.3) is 0 Å². The fourth-order valence-electron chi connectivity index (χ4n) is 2.17. The molecule has 0 aliphatic rings. The average Bonchev–Trinajstić information content (AvgIpc) is 3.01. The van der Waals surface area contributed by atoms with Gasteiger partial charge in [0.05, 0.1) is 5.54 Å². The SMILES string of the molecule is CC(C)(C)N=C(NC(=O)c1ccc(C(C)(F)F)cc1)Nc1cc(C(F)(F)F)[nH]n1. The highest BCUT2D eigenvalue weighted by Gasteiger charge is 2.33. The van der Waals surface area contributed by atoms with Gasteiger partial charge in [-0.05, 0) is 32.9 Å². The highest BCUT2D eigenvalue weighted by Crippen LogP contribution is 2.29. The summed E-state index contributed by atoms with van der Waals surface area (Å²) in [7, 11) is 0. The van der Waals surface area contributed by atoms with Crippen molar-refractivity contribution in [3.63, 3.8) is 0 Å². The smallest absolute Gasteiger partial charge is 0.309 e. The Bertz CT molecular complexity index is 889. The van der Waals surface area contributed by atoms with Crippen molar-refractivity contribution < 1.29 is 26.7 Å². The monoisotopic (exact) mass is 417 g/mol. The number of aromatic amines is 1. The predicted octanol–water partition coefficient (Wildman–Crippen LogP) is 4.54. The molecule has 158 valence electrons. The molecule has 2 rings (SSSR count). The first kappa shape index (κ1) is 22.3. The van der Waals surface area contributed by atoms with Crippen molar-refractivity contribution in [1.82, 2.24) is 15.5 Å². The third-order valence-electron chi connectivity index (χ3n) is 3.46. The van der Waals surface area contributed by atoms with Crippen LogP contribution in [-0.2, 0) is 12.1 Å². The second-order valence-corrected chi connectivity index (χ2v) is 7.34. The van der Waals surface area contributed by atoms with E-state index in [0.717, 1.165) is 25.1 Å². The number of nitrogens with zero attached hydrogens (tertiary/aromatic N) is 2. The van der Waals surface area contributed by atoms with Gasteiger partial charge in [-0.25, -0.2) is 13.8 Å². The fourth-order valence-corrected chi connectivity index (χ4v) is 2.17. The molecular formula is C18H20F5N5O. The molecule has 2 aromatic rings. The Balaban J connectivity index is 2.22. The Kier molecular flexibility index (Phi) is 6.00. The molecule has 0 fully saturated rings. The molecule has 0 bridgehead atoms. The number of hydrogen-bond acceptors (Lipinski definition) is 3. The lowest BCUT2D eigenvalue weighted by molar-refractivity contribution is -0.141. The average molecular weight is 417 g/mol. The third kappa shape index (κ3) is 6.54. The van der Waals surface area contributed by atoms with Crippen molar-refractivity contribution in [3.05, 3.63) is 47.2 Å². The van der Waals surface area contributed by atoms with Crippen LogP contribution in [0, 0.1) is 0 Å². The summed E-state index contributed by atoms with van der Waals surface area (Å²) in [5.41, 5.74) is -1.95. The van der Waals surface area contributed by atoms with Gasteiger partial charge in [0.25, 0.3) is 11.8 Å². The van der Waals surface area contributed by atoms with Gasteiger partial charge in [-0.3, -0.25) is 15.2 Å². The van der Waals surface area contributed by atoms with Crippen LogP contribution in [0.1, 0.15) is 49.3 Å². The van der Waals surface area contributed by atoms with E-state index in [1.807, 2.05) is 5.10 Å². The highest BCUT2D eigenvalue weighted by molar-refractivity contribution is 6.09. The zero-order chi connectivity index (χ0) is 22.0. The van der Waals surface area contributed by atoms with E-state index < -0.39 is 29.2 Å². The van der Waals surface area contributed by atoms with Crippen LogP contribution in [-0.4, -0.2) is 27.6 Å². The Morgan fingerprint density at radius 2 is 1.62 bits per heavy atom. The largest absolute Gasteiger partial charge is 0.432 e. The summed E-state index contributed by atoms with van der Waals surface area (Å²) in [6.07, 6.45) is -4.61. The summed E-state index contributed by atoms with van der Waals surface area (Å²) in [4.78, 5) is 16.6. The first-order chi connectivity index (χ1) is 13.1. The molecule has 1 aromatic carbocycles. The minimum atomic E-state index is -4.61. The number of carbonyl (C=O) groups excluding carboxylic acids is 1. The Morgan fingerprint density at radius 1 is 1.03 bits per heavy atom. The minimum absolute atomic E-state index is 0.0689. The van der Waals surface area contributed by atoms with Gasteiger partial charge in [0.1, 0.15) is 5.69 Å². The van der Waals surface area contributed by atoms with Crippen LogP contribution in [0.2, 0.25) is 0 Å². The van der Waals surface area contributed by atoms with Gasteiger partial charge in [0, 0.05) is 24.1 Å². The zero-order valence-electron chi connectivity index (χ0n) is 16.1. The van der Waals surface area contributed by atoms with Gasteiger partial charge < -0.3 is 5.32 Å². The number of amides is 1. The van der Waals surface area contributed by atoms with Gasteiger partial charge in [-0.2, -0.15) is 18.3 Å². The molecule has 0 aliphatic heterocycles. The second kappa shape index (κ2) is 7.80. The van der Waals surface area contributed by atoms with Crippen LogP contribution in [0.5, 0.6) is 0 Å². The van der Waals surface area contributed by atoms with Crippen molar-refractivity contribution in [3.8, 4) is 0 Å².